The molecule has 1 aromatic carbocycles. The van der Waals surface area contributed by atoms with Crippen LogP contribution in [0.2, 0.25) is 0 Å². The summed E-state index contributed by atoms with van der Waals surface area (Å²) in [5, 5.41) is 6.64. The van der Waals surface area contributed by atoms with Crippen molar-refractivity contribution in [3.8, 4) is 0 Å². The maximum absolute atomic E-state index is 12.5. The van der Waals surface area contributed by atoms with E-state index in [1.807, 2.05) is 18.4 Å². The molecular formula is C19H21N5O3S3. The van der Waals surface area contributed by atoms with E-state index in [1.54, 1.807) is 6.07 Å². The molecule has 3 N–H and O–H groups in total. The van der Waals surface area contributed by atoms with Gasteiger partial charge in [-0.05, 0) is 44.0 Å². The molecule has 158 valence electrons. The van der Waals surface area contributed by atoms with Crippen molar-refractivity contribution >= 4 is 54.4 Å². The van der Waals surface area contributed by atoms with Gasteiger partial charge in [0.05, 0.1) is 27.1 Å². The van der Waals surface area contributed by atoms with Crippen molar-refractivity contribution in [2.75, 3.05) is 0 Å². The SMILES string of the molecule is CCCn1c(SCc2nc3sc(C)c(C)c3c(=O)[nH]2)nc2cc(S(N)(=O)=O)ccc21. The number of hydrogen-bond acceptors (Lipinski definition) is 7. The first-order chi connectivity index (χ1) is 14.2. The summed E-state index contributed by atoms with van der Waals surface area (Å²) >= 11 is 2.97. The van der Waals surface area contributed by atoms with Crippen molar-refractivity contribution < 1.29 is 8.42 Å². The van der Waals surface area contributed by atoms with Gasteiger partial charge in [-0.15, -0.1) is 11.3 Å². The summed E-state index contributed by atoms with van der Waals surface area (Å²) in [7, 11) is -3.80. The molecule has 0 saturated heterocycles. The van der Waals surface area contributed by atoms with Crippen LogP contribution < -0.4 is 10.7 Å². The number of fused-ring (bicyclic) bond motifs is 2. The number of nitrogens with one attached hydrogen (secondary N) is 1. The Kier molecular flexibility index (Phi) is 5.47. The summed E-state index contributed by atoms with van der Waals surface area (Å²) in [5.41, 5.74) is 2.25. The Balaban J connectivity index is 1.70. The van der Waals surface area contributed by atoms with E-state index >= 15 is 0 Å². The zero-order valence-corrected chi connectivity index (χ0v) is 19.2. The number of benzene rings is 1. The Hall–Kier alpha value is -2.21. The second kappa shape index (κ2) is 7.80. The quantitative estimate of drug-likeness (QED) is 0.423. The third kappa shape index (κ3) is 3.78. The standard InChI is InChI=1S/C19H21N5O3S3/c1-4-7-24-14-6-5-12(30(20,26)27)8-13(14)21-19(24)28-9-15-22-17(25)16-10(2)11(3)29-18(16)23-15/h5-6,8H,4,7,9H2,1-3H3,(H2,20,26,27)(H,22,23,25). The smallest absolute Gasteiger partial charge is 0.259 e. The molecule has 0 amide bonds. The number of nitrogens with two attached hydrogens (primary N) is 1. The monoisotopic (exact) mass is 463 g/mol. The van der Waals surface area contributed by atoms with Crippen LogP contribution in [0.4, 0.5) is 0 Å². The summed E-state index contributed by atoms with van der Waals surface area (Å²) in [5.74, 6) is 1.02. The highest BCUT2D eigenvalue weighted by molar-refractivity contribution is 7.98. The highest BCUT2D eigenvalue weighted by Gasteiger charge is 2.16. The molecule has 0 aliphatic carbocycles. The van der Waals surface area contributed by atoms with Gasteiger partial charge in [-0.2, -0.15) is 0 Å². The fourth-order valence-electron chi connectivity index (χ4n) is 3.31. The Morgan fingerprint density at radius 2 is 2.03 bits per heavy atom. The lowest BCUT2D eigenvalue weighted by Crippen LogP contribution is -2.11. The first-order valence-corrected chi connectivity index (χ1v) is 12.7. The van der Waals surface area contributed by atoms with E-state index in [-0.39, 0.29) is 10.5 Å². The number of aromatic amines is 1. The normalized spacial score (nSPS) is 12.3. The maximum Gasteiger partial charge on any atom is 0.259 e. The van der Waals surface area contributed by atoms with E-state index in [9.17, 15) is 13.2 Å². The Morgan fingerprint density at radius 1 is 1.27 bits per heavy atom. The minimum Gasteiger partial charge on any atom is -0.319 e. The van der Waals surface area contributed by atoms with Crippen molar-refractivity contribution in [1.82, 2.24) is 19.5 Å². The van der Waals surface area contributed by atoms with Crippen LogP contribution in [-0.4, -0.2) is 27.9 Å². The molecule has 0 aliphatic rings. The van der Waals surface area contributed by atoms with Gasteiger partial charge < -0.3 is 9.55 Å². The fraction of sp³-hybridized carbons (Fsp3) is 0.316. The predicted molar refractivity (Wildman–Crippen MR) is 121 cm³/mol. The van der Waals surface area contributed by atoms with Crippen LogP contribution in [0.1, 0.15) is 29.6 Å². The van der Waals surface area contributed by atoms with Crippen LogP contribution in [0.25, 0.3) is 21.3 Å². The number of sulfonamides is 1. The third-order valence-electron chi connectivity index (χ3n) is 4.89. The molecule has 11 heteroatoms. The minimum absolute atomic E-state index is 0.0348. The number of aromatic nitrogens is 4. The number of thiophene rings is 1. The van der Waals surface area contributed by atoms with Crippen molar-refractivity contribution in [2.45, 2.75) is 49.5 Å². The minimum atomic E-state index is -3.80. The lowest BCUT2D eigenvalue weighted by atomic mass is 10.2. The maximum atomic E-state index is 12.5. The Morgan fingerprint density at radius 3 is 2.73 bits per heavy atom. The van der Waals surface area contributed by atoms with E-state index in [0.717, 1.165) is 38.9 Å². The molecule has 3 aromatic heterocycles. The number of rotatable bonds is 6. The van der Waals surface area contributed by atoms with Crippen molar-refractivity contribution in [2.24, 2.45) is 5.14 Å². The van der Waals surface area contributed by atoms with Gasteiger partial charge >= 0.3 is 0 Å². The molecule has 0 atom stereocenters. The van der Waals surface area contributed by atoms with Crippen molar-refractivity contribution in [1.29, 1.82) is 0 Å². The molecule has 0 unspecified atom stereocenters. The largest absolute Gasteiger partial charge is 0.319 e. The highest BCUT2D eigenvalue weighted by atomic mass is 32.2. The molecule has 0 saturated carbocycles. The molecule has 0 spiro atoms. The van der Waals surface area contributed by atoms with Gasteiger partial charge in [0.15, 0.2) is 5.16 Å². The van der Waals surface area contributed by atoms with Gasteiger partial charge in [-0.3, -0.25) is 4.79 Å². The highest BCUT2D eigenvalue weighted by Crippen LogP contribution is 2.29. The van der Waals surface area contributed by atoms with Crippen LogP contribution in [-0.2, 0) is 22.3 Å². The molecule has 0 radical (unpaired) electrons. The van der Waals surface area contributed by atoms with Gasteiger partial charge in [0.25, 0.3) is 5.56 Å². The molecule has 0 aliphatic heterocycles. The van der Waals surface area contributed by atoms with Crippen LogP contribution >= 0.6 is 23.1 Å². The lowest BCUT2D eigenvalue weighted by molar-refractivity contribution is 0.598. The first-order valence-electron chi connectivity index (χ1n) is 9.33. The number of hydrogen-bond donors (Lipinski definition) is 2. The average Bonchev–Trinajstić information content (AvgIpc) is 3.16. The van der Waals surface area contributed by atoms with Gasteiger partial charge in [0, 0.05) is 11.4 Å². The zero-order valence-electron chi connectivity index (χ0n) is 16.7. The Bertz CT molecular complexity index is 1430. The number of aryl methyl sites for hydroxylation is 3. The number of primary sulfonamides is 1. The zero-order chi connectivity index (χ0) is 21.6. The van der Waals surface area contributed by atoms with Crippen molar-refractivity contribution in [3.05, 3.63) is 44.8 Å². The number of H-pyrrole nitrogens is 1. The van der Waals surface area contributed by atoms with Crippen molar-refractivity contribution in [3.63, 3.8) is 0 Å². The molecule has 4 aromatic rings. The number of nitrogens with zero attached hydrogens (tertiary/aromatic N) is 3. The summed E-state index contributed by atoms with van der Waals surface area (Å²) in [6.07, 6.45) is 0.894. The van der Waals surface area contributed by atoms with Gasteiger partial charge in [-0.25, -0.2) is 23.5 Å². The molecule has 3 heterocycles. The van der Waals surface area contributed by atoms with Crippen LogP contribution in [0, 0.1) is 13.8 Å². The van der Waals surface area contributed by atoms with Gasteiger partial charge in [-0.1, -0.05) is 18.7 Å². The van der Waals surface area contributed by atoms with E-state index in [2.05, 4.69) is 21.9 Å². The van der Waals surface area contributed by atoms with E-state index in [0.29, 0.717) is 22.5 Å². The second-order valence-corrected chi connectivity index (χ2v) is 10.7. The van der Waals surface area contributed by atoms with Crippen LogP contribution in [0.15, 0.2) is 33.0 Å². The number of imidazole rings is 1. The lowest BCUT2D eigenvalue weighted by Gasteiger charge is -2.07. The summed E-state index contributed by atoms with van der Waals surface area (Å²) < 4.78 is 25.4. The third-order valence-corrected chi connectivity index (χ3v) is 7.89. The first kappa shape index (κ1) is 21.0. The van der Waals surface area contributed by atoms with E-state index in [4.69, 9.17) is 5.14 Å². The van der Waals surface area contributed by atoms with E-state index in [1.165, 1.54) is 35.2 Å². The van der Waals surface area contributed by atoms with Gasteiger partial charge in [0.2, 0.25) is 10.0 Å². The summed E-state index contributed by atoms with van der Waals surface area (Å²) in [4.78, 5) is 26.5. The number of thioether (sulfide) groups is 1. The second-order valence-electron chi connectivity index (χ2n) is 7.01. The fourth-order valence-corrected chi connectivity index (χ4v) is 5.81. The van der Waals surface area contributed by atoms with Crippen LogP contribution in [0.3, 0.4) is 0 Å². The molecule has 8 nitrogen and oxygen atoms in total. The molecule has 4 rings (SSSR count). The van der Waals surface area contributed by atoms with E-state index < -0.39 is 10.0 Å². The Labute approximate surface area is 181 Å². The van der Waals surface area contributed by atoms with Crippen LogP contribution in [0.5, 0.6) is 0 Å². The average molecular weight is 464 g/mol. The molecule has 0 fully saturated rings. The molecule has 30 heavy (non-hydrogen) atoms. The summed E-state index contributed by atoms with van der Waals surface area (Å²) in [6, 6.07) is 4.71. The predicted octanol–water partition coefficient (Wildman–Crippen LogP) is 3.30. The van der Waals surface area contributed by atoms with Gasteiger partial charge in [0.1, 0.15) is 10.7 Å². The molecular weight excluding hydrogens is 442 g/mol. The molecule has 0 bridgehead atoms. The topological polar surface area (TPSA) is 124 Å². The summed E-state index contributed by atoms with van der Waals surface area (Å²) in [6.45, 7) is 6.72.